The summed E-state index contributed by atoms with van der Waals surface area (Å²) in [6.07, 6.45) is 0. The van der Waals surface area contributed by atoms with Gasteiger partial charge in [0.15, 0.2) is 10.3 Å². The van der Waals surface area contributed by atoms with Gasteiger partial charge in [-0.2, -0.15) is 8.78 Å². The van der Waals surface area contributed by atoms with Gasteiger partial charge in [-0.1, -0.05) is 0 Å². The van der Waals surface area contributed by atoms with E-state index in [1.807, 2.05) is 12.1 Å². The Balaban J connectivity index is 0.991. The van der Waals surface area contributed by atoms with Crippen molar-refractivity contribution in [1.82, 2.24) is 0 Å². The van der Waals surface area contributed by atoms with Crippen LogP contribution in [0.1, 0.15) is 0 Å². The first-order chi connectivity index (χ1) is 22.3. The van der Waals surface area contributed by atoms with Crippen LogP contribution in [0.4, 0.5) is 17.6 Å². The summed E-state index contributed by atoms with van der Waals surface area (Å²) < 4.78 is 63.1. The Morgan fingerprint density at radius 1 is 0.283 bits per heavy atom. The molecule has 46 heavy (non-hydrogen) atoms. The average Bonchev–Trinajstić information content (AvgIpc) is 3.84. The van der Waals surface area contributed by atoms with Gasteiger partial charge >= 0.3 is 0 Å². The summed E-state index contributed by atoms with van der Waals surface area (Å²) in [5.41, 5.74) is 0. The number of hydrogen-bond donors (Lipinski definition) is 0. The summed E-state index contributed by atoms with van der Waals surface area (Å²) in [7, 11) is 0. The van der Waals surface area contributed by atoms with Crippen molar-refractivity contribution in [2.24, 2.45) is 0 Å². The van der Waals surface area contributed by atoms with Crippen LogP contribution in [0.2, 0.25) is 0 Å². The molecule has 0 fully saturated rings. The summed E-state index contributed by atoms with van der Waals surface area (Å²) in [6, 6.07) is 23.0. The van der Waals surface area contributed by atoms with Crippen molar-refractivity contribution in [3.8, 4) is 39.0 Å². The Bertz CT molecular complexity index is 2500. The van der Waals surface area contributed by atoms with Gasteiger partial charge in [0.05, 0.1) is 9.75 Å². The first-order valence-electron chi connectivity index (χ1n) is 13.7. The maximum Gasteiger partial charge on any atom is 0.178 e. The molecule has 0 spiro atoms. The van der Waals surface area contributed by atoms with Crippen LogP contribution in [-0.2, 0) is 0 Å². The molecule has 0 N–H and O–H groups in total. The Labute approximate surface area is 289 Å². The molecule has 0 atom stereocenters. The van der Waals surface area contributed by atoms with Gasteiger partial charge in [0, 0.05) is 69.6 Å². The van der Waals surface area contributed by atoms with Crippen molar-refractivity contribution in [1.29, 1.82) is 0 Å². The first-order valence-corrected chi connectivity index (χ1v) is 20.2. The molecule has 8 aromatic heterocycles. The minimum absolute atomic E-state index is 0.222. The molecule has 2 aromatic carbocycles. The lowest BCUT2D eigenvalue weighted by Gasteiger charge is -1.99. The molecule has 0 unspecified atom stereocenters. The highest BCUT2D eigenvalue weighted by Gasteiger charge is 2.20. The fraction of sp³-hybridized carbons (Fsp3) is 0. The molecule has 8 heterocycles. The van der Waals surface area contributed by atoms with Crippen molar-refractivity contribution in [3.05, 3.63) is 94.7 Å². The zero-order chi connectivity index (χ0) is 30.8. The molecule has 10 rings (SSSR count). The molecule has 0 nitrogen and oxygen atoms in total. The van der Waals surface area contributed by atoms with Gasteiger partial charge in [0.1, 0.15) is 11.6 Å². The van der Waals surface area contributed by atoms with E-state index in [-0.39, 0.29) is 21.9 Å². The molecule has 12 heteroatoms. The molecular formula is C34H12F4S8. The molecule has 0 bridgehead atoms. The second-order valence-electron chi connectivity index (χ2n) is 10.7. The highest BCUT2D eigenvalue weighted by Crippen LogP contribution is 2.48. The highest BCUT2D eigenvalue weighted by atomic mass is 32.1. The van der Waals surface area contributed by atoms with Crippen LogP contribution < -0.4 is 0 Å². The molecule has 0 amide bonds. The summed E-state index contributed by atoms with van der Waals surface area (Å²) in [6.45, 7) is 0. The van der Waals surface area contributed by atoms with Gasteiger partial charge in [-0.25, -0.2) is 8.78 Å². The fourth-order valence-corrected chi connectivity index (χ4v) is 14.5. The zero-order valence-electron chi connectivity index (χ0n) is 22.7. The number of halogens is 4. The van der Waals surface area contributed by atoms with Gasteiger partial charge < -0.3 is 0 Å². The normalized spacial score (nSPS) is 12.3. The van der Waals surface area contributed by atoms with Crippen LogP contribution in [-0.4, -0.2) is 0 Å². The van der Waals surface area contributed by atoms with Crippen LogP contribution >= 0.6 is 90.7 Å². The molecular weight excluding hydrogens is 741 g/mol. The lowest BCUT2D eigenvalue weighted by molar-refractivity contribution is 0.636. The van der Waals surface area contributed by atoms with Crippen molar-refractivity contribution in [3.63, 3.8) is 0 Å². The lowest BCUT2D eigenvalue weighted by atomic mass is 10.1. The predicted octanol–water partition coefficient (Wildman–Crippen LogP) is 15.2. The van der Waals surface area contributed by atoms with Crippen LogP contribution in [0.3, 0.4) is 0 Å². The fourth-order valence-electron chi connectivity index (χ4n) is 5.72. The third kappa shape index (κ3) is 4.50. The number of hydrogen-bond acceptors (Lipinski definition) is 8. The molecule has 0 radical (unpaired) electrons. The lowest BCUT2D eigenvalue weighted by Crippen LogP contribution is -1.72. The van der Waals surface area contributed by atoms with E-state index in [0.29, 0.717) is 9.75 Å². The molecule has 224 valence electrons. The second-order valence-corrected chi connectivity index (χ2v) is 19.2. The molecule has 0 aliphatic carbocycles. The van der Waals surface area contributed by atoms with E-state index in [0.717, 1.165) is 102 Å². The Morgan fingerprint density at radius 3 is 1.11 bits per heavy atom. The summed E-state index contributed by atoms with van der Waals surface area (Å²) >= 11 is 11.2. The monoisotopic (exact) mass is 752 g/mol. The van der Waals surface area contributed by atoms with E-state index in [2.05, 4.69) is 36.4 Å². The second kappa shape index (κ2) is 10.3. The van der Waals surface area contributed by atoms with Gasteiger partial charge in [0.2, 0.25) is 0 Å². The molecule has 10 aromatic rings. The van der Waals surface area contributed by atoms with Crippen molar-refractivity contribution in [2.45, 2.75) is 0 Å². The quantitative estimate of drug-likeness (QED) is 0.157. The van der Waals surface area contributed by atoms with Crippen molar-refractivity contribution < 1.29 is 17.6 Å². The predicted molar refractivity (Wildman–Crippen MR) is 199 cm³/mol. The SMILES string of the molecule is Fc1cc2sc(-c3sc(-c4cc5cc6cc7sc(-c8cc(F)c(-c9cc%10sc(F)cc%10s9)s8)cc7cc6cc5s4)cc3F)cc2s1. The van der Waals surface area contributed by atoms with E-state index in [9.17, 15) is 8.78 Å². The molecule has 0 saturated heterocycles. The smallest absolute Gasteiger partial charge is 0.178 e. The third-order valence-electron chi connectivity index (χ3n) is 7.77. The largest absolute Gasteiger partial charge is 0.205 e. The summed E-state index contributed by atoms with van der Waals surface area (Å²) in [5.74, 6) is -0.507. The van der Waals surface area contributed by atoms with E-state index < -0.39 is 0 Å². The van der Waals surface area contributed by atoms with E-state index in [1.165, 1.54) is 57.5 Å². The minimum Gasteiger partial charge on any atom is -0.205 e. The van der Waals surface area contributed by atoms with Gasteiger partial charge in [-0.05, 0) is 82.2 Å². The third-order valence-corrected chi connectivity index (χ3v) is 17.1. The van der Waals surface area contributed by atoms with Crippen LogP contribution in [0.15, 0.2) is 72.8 Å². The van der Waals surface area contributed by atoms with E-state index in [4.69, 9.17) is 0 Å². The molecule has 0 aliphatic heterocycles. The van der Waals surface area contributed by atoms with Crippen molar-refractivity contribution in [2.75, 3.05) is 0 Å². The first kappa shape index (κ1) is 28.1. The number of benzene rings is 2. The topological polar surface area (TPSA) is 0 Å². The van der Waals surface area contributed by atoms with Gasteiger partial charge in [0.25, 0.3) is 0 Å². The van der Waals surface area contributed by atoms with E-state index in [1.54, 1.807) is 34.8 Å². The average molecular weight is 753 g/mol. The maximum absolute atomic E-state index is 15.1. The molecule has 0 saturated carbocycles. The maximum atomic E-state index is 15.1. The highest BCUT2D eigenvalue weighted by molar-refractivity contribution is 7.33. The Morgan fingerprint density at radius 2 is 0.674 bits per heavy atom. The van der Waals surface area contributed by atoms with Gasteiger partial charge in [-0.15, -0.1) is 90.7 Å². The van der Waals surface area contributed by atoms with Gasteiger partial charge in [-0.3, -0.25) is 0 Å². The molecule has 0 aliphatic rings. The van der Waals surface area contributed by atoms with Crippen LogP contribution in [0.5, 0.6) is 0 Å². The standard InChI is InChI=1S/C34H12F4S8/c35-17-7-23(45-33(17)29-9-25-27(41-29)11-31(37)43-25)21-5-15-1-13-3-20-16(2-14(13)4-19(15)39-21)6-22(40-20)24-8-18(36)34(46-24)30-10-26-28(42-30)12-32(38)44-26/h1-12H. The Hall–Kier alpha value is -2.94. The number of rotatable bonds is 4. The summed E-state index contributed by atoms with van der Waals surface area (Å²) in [4.78, 5) is 6.61. The Kier molecular flexibility index (Phi) is 6.28. The number of thiophene rings is 8. The van der Waals surface area contributed by atoms with E-state index >= 15 is 8.78 Å². The number of fused-ring (bicyclic) bond motifs is 5. The summed E-state index contributed by atoms with van der Waals surface area (Å²) in [5, 5.41) is 3.99. The van der Waals surface area contributed by atoms with Crippen molar-refractivity contribution >= 4 is 140 Å². The van der Waals surface area contributed by atoms with Crippen LogP contribution in [0, 0.1) is 21.9 Å². The minimum atomic E-state index is -0.253. The zero-order valence-corrected chi connectivity index (χ0v) is 29.2. The van der Waals surface area contributed by atoms with Crippen LogP contribution in [0.25, 0.3) is 88.8 Å².